The molecule has 8 heteroatoms. The van der Waals surface area contributed by atoms with E-state index >= 15 is 0 Å². The second kappa shape index (κ2) is 8.35. The van der Waals surface area contributed by atoms with Crippen molar-refractivity contribution in [3.05, 3.63) is 72.2 Å². The number of hydrogen-bond acceptors (Lipinski definition) is 7. The summed E-state index contributed by atoms with van der Waals surface area (Å²) in [6.45, 7) is 2.73. The molecular formula is C21H19N7O. The van der Waals surface area contributed by atoms with Crippen LogP contribution in [0, 0.1) is 11.3 Å². The van der Waals surface area contributed by atoms with Crippen LogP contribution in [0.15, 0.2) is 61.1 Å². The van der Waals surface area contributed by atoms with Crippen LogP contribution < -0.4 is 10.2 Å². The Balaban J connectivity index is 1.35. The average Bonchev–Trinajstić information content (AvgIpc) is 2.80. The maximum atomic E-state index is 12.7. The Morgan fingerprint density at radius 2 is 1.69 bits per heavy atom. The fraction of sp³-hybridized carbons (Fsp3) is 0.190. The summed E-state index contributed by atoms with van der Waals surface area (Å²) in [5, 5.41) is 11.9. The van der Waals surface area contributed by atoms with Crippen molar-refractivity contribution in [3.8, 4) is 6.07 Å². The lowest BCUT2D eigenvalue weighted by Crippen LogP contribution is -2.49. The summed E-state index contributed by atoms with van der Waals surface area (Å²) in [5.74, 6) is 1.25. The zero-order chi connectivity index (χ0) is 20.1. The predicted molar refractivity (Wildman–Crippen MR) is 109 cm³/mol. The number of nitrogens with one attached hydrogen (secondary N) is 1. The number of benzene rings is 1. The van der Waals surface area contributed by atoms with Gasteiger partial charge in [0, 0.05) is 50.5 Å². The lowest BCUT2D eigenvalue weighted by Gasteiger charge is -2.35. The zero-order valence-electron chi connectivity index (χ0n) is 15.7. The number of rotatable bonds is 4. The van der Waals surface area contributed by atoms with Gasteiger partial charge in [-0.15, -0.1) is 0 Å². The van der Waals surface area contributed by atoms with E-state index in [1.165, 1.54) is 12.4 Å². The molecule has 1 amide bonds. The molecule has 0 bridgehead atoms. The smallest absolute Gasteiger partial charge is 0.257 e. The van der Waals surface area contributed by atoms with Crippen LogP contribution in [0.1, 0.15) is 15.9 Å². The summed E-state index contributed by atoms with van der Waals surface area (Å²) >= 11 is 0. The van der Waals surface area contributed by atoms with E-state index in [0.717, 1.165) is 24.6 Å². The van der Waals surface area contributed by atoms with Crippen molar-refractivity contribution < 1.29 is 4.79 Å². The molecule has 8 nitrogen and oxygen atoms in total. The predicted octanol–water partition coefficient (Wildman–Crippen LogP) is 2.45. The van der Waals surface area contributed by atoms with Crippen molar-refractivity contribution in [2.45, 2.75) is 0 Å². The second-order valence-electron chi connectivity index (χ2n) is 6.58. The van der Waals surface area contributed by atoms with E-state index in [2.05, 4.69) is 31.2 Å². The van der Waals surface area contributed by atoms with Crippen LogP contribution in [0.25, 0.3) is 0 Å². The van der Waals surface area contributed by atoms with Crippen LogP contribution in [0.2, 0.25) is 0 Å². The van der Waals surface area contributed by atoms with Gasteiger partial charge < -0.3 is 15.1 Å². The molecule has 0 aliphatic carbocycles. The summed E-state index contributed by atoms with van der Waals surface area (Å²) in [4.78, 5) is 29.6. The minimum atomic E-state index is -0.0735. The summed E-state index contributed by atoms with van der Waals surface area (Å²) in [7, 11) is 0. The Labute approximate surface area is 168 Å². The van der Waals surface area contributed by atoms with Gasteiger partial charge in [-0.05, 0) is 36.4 Å². The van der Waals surface area contributed by atoms with E-state index in [0.29, 0.717) is 30.2 Å². The van der Waals surface area contributed by atoms with Crippen LogP contribution in [0.5, 0.6) is 0 Å². The molecule has 0 spiro atoms. The molecule has 3 aromatic rings. The molecule has 0 unspecified atom stereocenters. The van der Waals surface area contributed by atoms with E-state index in [4.69, 9.17) is 5.26 Å². The Morgan fingerprint density at radius 3 is 2.31 bits per heavy atom. The first-order chi connectivity index (χ1) is 14.2. The number of nitriles is 1. The highest BCUT2D eigenvalue weighted by molar-refractivity contribution is 5.93. The van der Waals surface area contributed by atoms with Gasteiger partial charge >= 0.3 is 0 Å². The first kappa shape index (κ1) is 18.4. The van der Waals surface area contributed by atoms with Crippen LogP contribution in [-0.2, 0) is 0 Å². The van der Waals surface area contributed by atoms with E-state index in [9.17, 15) is 4.79 Å². The summed E-state index contributed by atoms with van der Waals surface area (Å²) in [6.07, 6.45) is 4.84. The first-order valence-electron chi connectivity index (χ1n) is 9.27. The maximum Gasteiger partial charge on any atom is 0.257 e. The molecule has 0 atom stereocenters. The van der Waals surface area contributed by atoms with Crippen molar-refractivity contribution in [2.24, 2.45) is 0 Å². The number of carbonyl (C=O) groups excluding carboxylic acids is 1. The largest absolute Gasteiger partial charge is 0.353 e. The minimum Gasteiger partial charge on any atom is -0.353 e. The molecule has 29 heavy (non-hydrogen) atoms. The van der Waals surface area contributed by atoms with E-state index in [1.807, 2.05) is 23.1 Å². The van der Waals surface area contributed by atoms with E-state index in [1.54, 1.807) is 30.5 Å². The number of piperazine rings is 1. The number of anilines is 3. The standard InChI is InChI=1S/C21H19N7O/c22-13-16-4-6-18(7-5-16)26-21-24-14-17(15-25-21)20(29)28-11-9-27(10-12-28)19-3-1-2-8-23-19/h1-8,14-15H,9-12H2,(H,24,25,26). The number of nitrogens with zero attached hydrogens (tertiary/aromatic N) is 6. The highest BCUT2D eigenvalue weighted by Gasteiger charge is 2.23. The molecule has 1 fully saturated rings. The van der Waals surface area contributed by atoms with Gasteiger partial charge in [-0.1, -0.05) is 6.07 Å². The molecule has 0 saturated carbocycles. The highest BCUT2D eigenvalue weighted by atomic mass is 16.2. The van der Waals surface area contributed by atoms with Crippen molar-refractivity contribution in [2.75, 3.05) is 36.4 Å². The first-order valence-corrected chi connectivity index (χ1v) is 9.27. The van der Waals surface area contributed by atoms with Crippen LogP contribution in [0.4, 0.5) is 17.5 Å². The monoisotopic (exact) mass is 385 g/mol. The normalized spacial score (nSPS) is 13.6. The third-order valence-electron chi connectivity index (χ3n) is 4.71. The Bertz CT molecular complexity index is 1010. The Hall–Kier alpha value is -3.99. The third kappa shape index (κ3) is 4.30. The average molecular weight is 385 g/mol. The van der Waals surface area contributed by atoms with Gasteiger partial charge in [-0.2, -0.15) is 5.26 Å². The molecule has 1 N–H and O–H groups in total. The van der Waals surface area contributed by atoms with Crippen molar-refractivity contribution in [1.29, 1.82) is 5.26 Å². The van der Waals surface area contributed by atoms with Gasteiger partial charge in [-0.25, -0.2) is 15.0 Å². The molecule has 1 saturated heterocycles. The zero-order valence-corrected chi connectivity index (χ0v) is 15.7. The second-order valence-corrected chi connectivity index (χ2v) is 6.58. The van der Waals surface area contributed by atoms with Gasteiger partial charge in [0.05, 0.1) is 17.2 Å². The lowest BCUT2D eigenvalue weighted by atomic mass is 10.2. The molecule has 1 aliphatic heterocycles. The SMILES string of the molecule is N#Cc1ccc(Nc2ncc(C(=O)N3CCN(c4ccccn4)CC3)cn2)cc1. The molecule has 1 aliphatic rings. The van der Waals surface area contributed by atoms with Gasteiger partial charge in [0.25, 0.3) is 5.91 Å². The van der Waals surface area contributed by atoms with Gasteiger partial charge in [0.15, 0.2) is 0 Å². The maximum absolute atomic E-state index is 12.7. The highest BCUT2D eigenvalue weighted by Crippen LogP contribution is 2.16. The van der Waals surface area contributed by atoms with Gasteiger partial charge in [0.1, 0.15) is 5.82 Å². The van der Waals surface area contributed by atoms with Crippen LogP contribution >= 0.6 is 0 Å². The van der Waals surface area contributed by atoms with Crippen LogP contribution in [-0.4, -0.2) is 51.9 Å². The fourth-order valence-electron chi connectivity index (χ4n) is 3.12. The van der Waals surface area contributed by atoms with E-state index < -0.39 is 0 Å². The Kier molecular flexibility index (Phi) is 5.29. The van der Waals surface area contributed by atoms with Gasteiger partial charge in [-0.3, -0.25) is 4.79 Å². The topological polar surface area (TPSA) is 98.0 Å². The summed E-state index contributed by atoms with van der Waals surface area (Å²) in [5.41, 5.74) is 1.82. The summed E-state index contributed by atoms with van der Waals surface area (Å²) in [6, 6.07) is 14.9. The third-order valence-corrected chi connectivity index (χ3v) is 4.71. The Morgan fingerprint density at radius 1 is 0.966 bits per heavy atom. The molecule has 2 aromatic heterocycles. The van der Waals surface area contributed by atoms with Crippen molar-refractivity contribution in [1.82, 2.24) is 19.9 Å². The van der Waals surface area contributed by atoms with E-state index in [-0.39, 0.29) is 5.91 Å². The lowest BCUT2D eigenvalue weighted by molar-refractivity contribution is 0.0745. The van der Waals surface area contributed by atoms with Gasteiger partial charge in [0.2, 0.25) is 5.95 Å². The molecular weight excluding hydrogens is 366 g/mol. The number of pyridine rings is 1. The quantitative estimate of drug-likeness (QED) is 0.736. The molecule has 3 heterocycles. The number of carbonyl (C=O) groups is 1. The number of aromatic nitrogens is 3. The van der Waals surface area contributed by atoms with Crippen molar-refractivity contribution in [3.63, 3.8) is 0 Å². The number of hydrogen-bond donors (Lipinski definition) is 1. The molecule has 0 radical (unpaired) electrons. The molecule has 144 valence electrons. The number of amides is 1. The fourth-order valence-corrected chi connectivity index (χ4v) is 3.12. The summed E-state index contributed by atoms with van der Waals surface area (Å²) < 4.78 is 0. The van der Waals surface area contributed by atoms with Crippen molar-refractivity contribution >= 4 is 23.4 Å². The molecule has 1 aromatic carbocycles. The molecule has 4 rings (SSSR count). The minimum absolute atomic E-state index is 0.0735. The van der Waals surface area contributed by atoms with Crippen LogP contribution in [0.3, 0.4) is 0 Å².